The van der Waals surface area contributed by atoms with Crippen LogP contribution < -0.4 is 16.4 Å². The van der Waals surface area contributed by atoms with Crippen molar-refractivity contribution in [1.29, 1.82) is 0 Å². The number of carbonyl (C=O) groups excluding carboxylic acids is 1. The first-order valence-electron chi connectivity index (χ1n) is 6.18. The normalized spacial score (nSPS) is 37.1. The van der Waals surface area contributed by atoms with Crippen LogP contribution in [-0.2, 0) is 4.79 Å². The predicted molar refractivity (Wildman–Crippen MR) is 64.5 cm³/mol. The van der Waals surface area contributed by atoms with E-state index in [-0.39, 0.29) is 11.8 Å². The number of nitrogens with two attached hydrogens (primary N) is 1. The van der Waals surface area contributed by atoms with E-state index < -0.39 is 11.8 Å². The Balaban J connectivity index is 1.98. The molecule has 0 aromatic rings. The van der Waals surface area contributed by atoms with Gasteiger partial charge in [-0.15, -0.1) is 0 Å². The third kappa shape index (κ3) is 1.47. The van der Waals surface area contributed by atoms with Crippen LogP contribution in [0.4, 0.5) is 0 Å². The van der Waals surface area contributed by atoms with Crippen LogP contribution in [0, 0.1) is 5.92 Å². The molecule has 0 aromatic carbocycles. The first-order valence-corrected chi connectivity index (χ1v) is 6.18. The Morgan fingerprint density at radius 3 is 2.88 bits per heavy atom. The van der Waals surface area contributed by atoms with E-state index in [9.17, 15) is 4.79 Å². The molecule has 4 N–H and O–H groups in total. The van der Waals surface area contributed by atoms with Gasteiger partial charge in [0.05, 0.1) is 6.34 Å². The fourth-order valence-corrected chi connectivity index (χ4v) is 3.10. The van der Waals surface area contributed by atoms with Gasteiger partial charge in [0.2, 0.25) is 0 Å². The smallest absolute Gasteiger partial charge is 0.256 e. The molecule has 3 aliphatic rings. The summed E-state index contributed by atoms with van der Waals surface area (Å²) >= 11 is 0. The fourth-order valence-electron chi connectivity index (χ4n) is 3.10. The monoisotopic (exact) mass is 235 g/mol. The average Bonchev–Trinajstić information content (AvgIpc) is 2.75. The van der Waals surface area contributed by atoms with Gasteiger partial charge in [-0.1, -0.05) is 19.3 Å². The van der Waals surface area contributed by atoms with E-state index in [1.165, 1.54) is 19.3 Å². The first kappa shape index (κ1) is 10.7. The summed E-state index contributed by atoms with van der Waals surface area (Å²) in [5.41, 5.74) is 4.89. The molecule has 0 spiro atoms. The third-order valence-corrected chi connectivity index (χ3v) is 3.95. The Hall–Kier alpha value is -1.43. The molecule has 2 unspecified atom stereocenters. The maximum Gasteiger partial charge on any atom is 0.256 e. The van der Waals surface area contributed by atoms with Crippen LogP contribution in [0.2, 0.25) is 0 Å². The Morgan fingerprint density at radius 2 is 2.12 bits per heavy atom. The maximum atomic E-state index is 12.3. The molecule has 92 valence electrons. The Labute approximate surface area is 99.8 Å². The van der Waals surface area contributed by atoms with Gasteiger partial charge in [0.1, 0.15) is 0 Å². The molecule has 6 heteroatoms. The van der Waals surface area contributed by atoms with Crippen molar-refractivity contribution < 1.29 is 4.79 Å². The molecule has 2 atom stereocenters. The minimum Gasteiger partial charge on any atom is -0.356 e. The number of fused-ring (bicyclic) bond motifs is 1. The lowest BCUT2D eigenvalue weighted by atomic mass is 9.73. The first-order chi connectivity index (χ1) is 8.23. The second kappa shape index (κ2) is 3.80. The Morgan fingerprint density at radius 1 is 1.35 bits per heavy atom. The summed E-state index contributed by atoms with van der Waals surface area (Å²) in [5.74, 6) is 0.741. The minimum absolute atomic E-state index is 0.0839. The highest BCUT2D eigenvalue weighted by molar-refractivity contribution is 6.19. The number of rotatable bonds is 1. The minimum atomic E-state index is -0.754. The molecule has 6 nitrogen and oxygen atoms in total. The number of hydrogen-bond donors (Lipinski definition) is 3. The zero-order valence-corrected chi connectivity index (χ0v) is 9.65. The van der Waals surface area contributed by atoms with Gasteiger partial charge >= 0.3 is 0 Å². The van der Waals surface area contributed by atoms with Crippen LogP contribution in [0.3, 0.4) is 0 Å². The summed E-state index contributed by atoms with van der Waals surface area (Å²) in [6, 6.07) is 0. The van der Waals surface area contributed by atoms with E-state index in [1.54, 1.807) is 6.34 Å². The van der Waals surface area contributed by atoms with Crippen molar-refractivity contribution in [2.24, 2.45) is 21.6 Å². The summed E-state index contributed by atoms with van der Waals surface area (Å²) < 4.78 is 0. The molecule has 3 rings (SSSR count). The molecular formula is C11H17N5O. The van der Waals surface area contributed by atoms with Crippen LogP contribution in [0.25, 0.3) is 0 Å². The van der Waals surface area contributed by atoms with Crippen LogP contribution in [0.5, 0.6) is 0 Å². The van der Waals surface area contributed by atoms with Crippen molar-refractivity contribution in [3.63, 3.8) is 0 Å². The molecule has 1 amide bonds. The predicted octanol–water partition coefficient (Wildman–Crippen LogP) is -0.292. The zero-order chi connectivity index (χ0) is 11.9. The van der Waals surface area contributed by atoms with Crippen molar-refractivity contribution in [2.75, 3.05) is 0 Å². The highest BCUT2D eigenvalue weighted by atomic mass is 16.2. The molecule has 17 heavy (non-hydrogen) atoms. The lowest BCUT2D eigenvalue weighted by Crippen LogP contribution is -2.68. The standard InChI is InChI=1S/C11H17N5O/c12-10-15-8-11(9(17)16-10,14-6-13-8)7-4-2-1-3-5-7/h6-7,10H,1-5,12H2,(H,16,17)(H,13,14,15). The highest BCUT2D eigenvalue weighted by Gasteiger charge is 2.54. The second-order valence-corrected chi connectivity index (χ2v) is 4.92. The molecule has 2 heterocycles. The van der Waals surface area contributed by atoms with E-state index in [0.29, 0.717) is 5.84 Å². The highest BCUT2D eigenvalue weighted by Crippen LogP contribution is 2.36. The summed E-state index contributed by atoms with van der Waals surface area (Å²) in [6.07, 6.45) is 6.58. The van der Waals surface area contributed by atoms with Crippen molar-refractivity contribution in [1.82, 2.24) is 10.6 Å². The third-order valence-electron chi connectivity index (χ3n) is 3.95. The summed E-state index contributed by atoms with van der Waals surface area (Å²) in [4.78, 5) is 20.7. The van der Waals surface area contributed by atoms with Crippen LogP contribution in [-0.4, -0.2) is 29.9 Å². The van der Waals surface area contributed by atoms with Crippen molar-refractivity contribution in [2.45, 2.75) is 43.9 Å². The van der Waals surface area contributed by atoms with Gasteiger partial charge in [-0.3, -0.25) is 10.5 Å². The molecular weight excluding hydrogens is 218 g/mol. The Bertz CT molecular complexity index is 399. The van der Waals surface area contributed by atoms with E-state index in [0.717, 1.165) is 12.8 Å². The van der Waals surface area contributed by atoms with E-state index >= 15 is 0 Å². The number of carbonyl (C=O) groups is 1. The molecule has 0 aromatic heterocycles. The molecule has 0 bridgehead atoms. The topological polar surface area (TPSA) is 91.9 Å². The van der Waals surface area contributed by atoms with E-state index in [4.69, 9.17) is 5.73 Å². The summed E-state index contributed by atoms with van der Waals surface area (Å²) in [7, 11) is 0. The molecule has 0 saturated heterocycles. The molecule has 1 fully saturated rings. The van der Waals surface area contributed by atoms with Gasteiger partial charge < -0.3 is 10.6 Å². The fraction of sp³-hybridized carbons (Fsp3) is 0.727. The maximum absolute atomic E-state index is 12.3. The number of nitrogens with one attached hydrogen (secondary N) is 2. The van der Waals surface area contributed by atoms with Gasteiger partial charge in [-0.05, 0) is 18.8 Å². The lowest BCUT2D eigenvalue weighted by Gasteiger charge is -2.40. The van der Waals surface area contributed by atoms with Gasteiger partial charge in [-0.2, -0.15) is 0 Å². The van der Waals surface area contributed by atoms with Crippen molar-refractivity contribution in [3.8, 4) is 0 Å². The quantitative estimate of drug-likeness (QED) is 0.583. The van der Waals surface area contributed by atoms with Crippen LogP contribution >= 0.6 is 0 Å². The van der Waals surface area contributed by atoms with Crippen LogP contribution in [0.1, 0.15) is 32.1 Å². The van der Waals surface area contributed by atoms with Gasteiger partial charge in [-0.25, -0.2) is 9.98 Å². The summed E-state index contributed by atoms with van der Waals surface area (Å²) in [6.45, 7) is 0. The number of nitrogens with zero attached hydrogens (tertiary/aromatic N) is 2. The van der Waals surface area contributed by atoms with E-state index in [2.05, 4.69) is 20.6 Å². The van der Waals surface area contributed by atoms with Gasteiger partial charge in [0.25, 0.3) is 5.91 Å². The number of amides is 1. The average molecular weight is 235 g/mol. The molecule has 0 radical (unpaired) electrons. The number of amidine groups is 1. The van der Waals surface area contributed by atoms with Gasteiger partial charge in [0, 0.05) is 0 Å². The number of aliphatic imine (C=N–C) groups is 2. The number of hydrogen-bond acceptors (Lipinski definition) is 5. The Kier molecular flexibility index (Phi) is 2.39. The molecule has 1 saturated carbocycles. The summed E-state index contributed by atoms with van der Waals surface area (Å²) in [5, 5.41) is 5.82. The second-order valence-electron chi connectivity index (χ2n) is 4.92. The van der Waals surface area contributed by atoms with E-state index in [1.807, 2.05) is 0 Å². The SMILES string of the molecule is NC1N=C2N=CNC2(C2CCCCC2)C(=O)N1. The van der Waals surface area contributed by atoms with Crippen molar-refractivity contribution >= 4 is 18.1 Å². The zero-order valence-electron chi connectivity index (χ0n) is 9.65. The van der Waals surface area contributed by atoms with Crippen molar-refractivity contribution in [3.05, 3.63) is 0 Å². The lowest BCUT2D eigenvalue weighted by molar-refractivity contribution is -0.127. The van der Waals surface area contributed by atoms with Crippen LogP contribution in [0.15, 0.2) is 9.98 Å². The largest absolute Gasteiger partial charge is 0.356 e. The molecule has 1 aliphatic carbocycles. The van der Waals surface area contributed by atoms with Gasteiger partial charge in [0.15, 0.2) is 17.7 Å². The molecule has 2 aliphatic heterocycles.